The number of hydrogen-bond acceptors (Lipinski definition) is 22. The van der Waals surface area contributed by atoms with Crippen molar-refractivity contribution in [2.45, 2.75) is 187 Å². The third-order valence-corrected chi connectivity index (χ3v) is 20.5. The Morgan fingerprint density at radius 2 is 1.41 bits per heavy atom. The number of Topliss-reactive ketones (excluding diaryl/α,β-unsaturated/α-hetero) is 2. The van der Waals surface area contributed by atoms with E-state index in [0.717, 1.165) is 4.90 Å². The summed E-state index contributed by atoms with van der Waals surface area (Å²) in [5.74, 6) is -7.04. The van der Waals surface area contributed by atoms with E-state index in [1.165, 1.54) is 52.3 Å². The van der Waals surface area contributed by atoms with Gasteiger partial charge in [0.05, 0.1) is 48.7 Å². The lowest BCUT2D eigenvalue weighted by molar-refractivity contribution is -0.347. The normalized spacial score (nSPS) is 24.3. The zero-order valence-corrected chi connectivity index (χ0v) is 63.4. The molecule has 0 unspecified atom stereocenters. The molecule has 105 heavy (non-hydrogen) atoms. The molecule has 2 bridgehead atoms. The van der Waals surface area contributed by atoms with Crippen LogP contribution in [0.15, 0.2) is 96.1 Å². The number of nitrogens with zero attached hydrogens (tertiary/aromatic N) is 3. The van der Waals surface area contributed by atoms with Crippen molar-refractivity contribution in [1.82, 2.24) is 36.0 Å². The van der Waals surface area contributed by atoms with Gasteiger partial charge in [0.15, 0.2) is 11.4 Å². The highest BCUT2D eigenvalue weighted by molar-refractivity contribution is 5.99. The van der Waals surface area contributed by atoms with E-state index >= 15 is 9.59 Å². The number of hydrogen-bond donors (Lipinski definition) is 7. The predicted octanol–water partition coefficient (Wildman–Crippen LogP) is 5.95. The van der Waals surface area contributed by atoms with Crippen LogP contribution in [0.5, 0.6) is 0 Å². The third-order valence-electron chi connectivity index (χ3n) is 20.5. The highest BCUT2D eigenvalue weighted by Gasteiger charge is 2.78. The summed E-state index contributed by atoms with van der Waals surface area (Å²) in [7, 11) is 7.25. The van der Waals surface area contributed by atoms with Crippen LogP contribution in [-0.2, 0) is 78.1 Å². The number of carbonyl (C=O) groups is 11. The maximum atomic E-state index is 16.0. The number of likely N-dealkylation sites (N-methyl/N-ethyl adjacent to an activating group) is 3. The molecule has 3 aromatic rings. The molecule has 2 saturated carbocycles. The number of rotatable bonds is 31. The summed E-state index contributed by atoms with van der Waals surface area (Å²) < 4.78 is 50.0. The van der Waals surface area contributed by atoms with Crippen molar-refractivity contribution < 1.29 is 95.7 Å². The number of ketones is 2. The summed E-state index contributed by atoms with van der Waals surface area (Å²) in [5, 5.41) is 28.4. The molecule has 0 aromatic heterocycles. The lowest BCUT2D eigenvalue weighted by Gasteiger charge is -2.67. The molecule has 576 valence electrons. The molecule has 1 saturated heterocycles. The molecular formula is C76H107N9O20. The zero-order valence-electron chi connectivity index (χ0n) is 63.4. The van der Waals surface area contributed by atoms with Crippen molar-refractivity contribution in [3.63, 3.8) is 0 Å². The van der Waals surface area contributed by atoms with Gasteiger partial charge in [-0.25, -0.2) is 24.0 Å². The Kier molecular flexibility index (Phi) is 27.8. The van der Waals surface area contributed by atoms with Crippen molar-refractivity contribution in [2.24, 2.45) is 34.3 Å². The molecule has 1 aliphatic heterocycles. The highest BCUT2D eigenvalue weighted by Crippen LogP contribution is 2.65. The molecule has 0 spiro atoms. The maximum absolute atomic E-state index is 16.0. The molecule has 0 radical (unpaired) electrons. The quantitative estimate of drug-likeness (QED) is 0.0169. The monoisotopic (exact) mass is 1470 g/mol. The van der Waals surface area contributed by atoms with Crippen LogP contribution in [0.1, 0.15) is 136 Å². The number of aliphatic hydroxyl groups is 1. The van der Waals surface area contributed by atoms with E-state index in [0.29, 0.717) is 22.4 Å². The number of primary amides is 1. The predicted molar refractivity (Wildman–Crippen MR) is 384 cm³/mol. The first-order valence-electron chi connectivity index (χ1n) is 35.4. The second kappa shape index (κ2) is 35.0. The van der Waals surface area contributed by atoms with Crippen LogP contribution in [0, 0.1) is 28.6 Å². The molecule has 29 heteroatoms. The van der Waals surface area contributed by atoms with Crippen LogP contribution in [-0.4, -0.2) is 225 Å². The van der Waals surface area contributed by atoms with E-state index in [2.05, 4.69) is 26.6 Å². The highest BCUT2D eigenvalue weighted by atomic mass is 16.6. The van der Waals surface area contributed by atoms with Gasteiger partial charge < -0.3 is 85.1 Å². The Balaban J connectivity index is 1.08. The van der Waals surface area contributed by atoms with Crippen LogP contribution >= 0.6 is 0 Å². The fraction of sp³-hybridized carbons (Fsp3) is 0.592. The number of amides is 7. The zero-order chi connectivity index (χ0) is 77.8. The average molecular weight is 1470 g/mol. The summed E-state index contributed by atoms with van der Waals surface area (Å²) in [6.45, 7) is 19.7. The van der Waals surface area contributed by atoms with Crippen LogP contribution < -0.4 is 32.3 Å². The summed E-state index contributed by atoms with van der Waals surface area (Å²) in [4.78, 5) is 156. The first-order chi connectivity index (χ1) is 49.2. The Labute approximate surface area is 614 Å². The van der Waals surface area contributed by atoms with Crippen LogP contribution in [0.2, 0.25) is 0 Å². The largest absolute Gasteiger partial charge is 0.455 e. The van der Waals surface area contributed by atoms with Gasteiger partial charge in [0.25, 0.3) is 0 Å². The van der Waals surface area contributed by atoms with Gasteiger partial charge in [-0.3, -0.25) is 33.7 Å². The Bertz CT molecular complexity index is 3660. The van der Waals surface area contributed by atoms with Crippen LogP contribution in [0.4, 0.5) is 20.1 Å². The second-order valence-corrected chi connectivity index (χ2v) is 30.3. The SMILES string of the molecule is CO[C@H]1C(=O)[C@]2(C)[C@@H](OC)C[C@H]3OC[C@@]3(OC(C)=O)[C@H]2[C@H](OC(=O)c2ccccc2)[C@]2(O)C[C@H](OC(=O)[C@H](OC(=O)N(C)CCN(C)C(=O)OCc3ccc(NC(=O)[C@H](CCCNC(N)=O)NC(=O)[C@@H](NC(=O)CN(C)CC(=O)C(C)C)C(C)C)cc3)[C@@H](NC(C)(C)C)c3ccccc3)C(C)=C1C2(C)C. The van der Waals surface area contributed by atoms with Crippen molar-refractivity contribution in [3.8, 4) is 0 Å². The van der Waals surface area contributed by atoms with E-state index < -0.39 is 160 Å². The summed E-state index contributed by atoms with van der Waals surface area (Å²) >= 11 is 0. The lowest BCUT2D eigenvalue weighted by Crippen LogP contribution is -2.82. The van der Waals surface area contributed by atoms with Crippen LogP contribution in [0.25, 0.3) is 0 Å². The Hall–Kier alpha value is -8.87. The minimum absolute atomic E-state index is 0.0427. The van der Waals surface area contributed by atoms with Crippen molar-refractivity contribution in [1.29, 1.82) is 0 Å². The maximum Gasteiger partial charge on any atom is 0.410 e. The second-order valence-electron chi connectivity index (χ2n) is 30.3. The number of carbonyl (C=O) groups excluding carboxylic acids is 11. The number of nitrogens with one attached hydrogen (secondary N) is 5. The molecule has 8 N–H and O–H groups in total. The molecule has 13 atom stereocenters. The number of benzene rings is 3. The smallest absolute Gasteiger partial charge is 0.410 e. The van der Waals surface area contributed by atoms with Gasteiger partial charge in [0, 0.05) is 90.3 Å². The fourth-order valence-electron chi connectivity index (χ4n) is 14.6. The van der Waals surface area contributed by atoms with Gasteiger partial charge >= 0.3 is 36.1 Å². The summed E-state index contributed by atoms with van der Waals surface area (Å²) in [6, 6.07) is 19.1. The summed E-state index contributed by atoms with van der Waals surface area (Å²) in [5.41, 5.74) is -0.804. The Morgan fingerprint density at radius 1 is 0.790 bits per heavy atom. The van der Waals surface area contributed by atoms with Crippen molar-refractivity contribution in [3.05, 3.63) is 113 Å². The summed E-state index contributed by atoms with van der Waals surface area (Å²) in [6.07, 6.45) is -10.2. The standard InChI is InChI=1S/C76H107N9O20/c1-43(2)52(87)39-83(13)40-56(88)81-58(44(3)4)66(91)80-51(29-24-34-78-69(77)94)65(90)79-50-32-30-47(31-33-50)41-100-70(95)84(14)35-36-85(15)71(96)103-61(59(82-72(7,8)9)48-25-20-18-21-26-48)68(93)102-53-38-76(97)64(104-67(92)49-27-22-19-23-28-49)62-74(12,63(89)60(99-17)57(45(53)5)73(76,10)11)54(98-16)37-55-75(62,42-101-55)105-46(6)86/h18-23,25-28,30-33,43-44,51,53-55,58-62,64,82,97H,24,29,34-42H2,1-17H3,(H,79,90)(H,80,91)(H,81,88)(H3,77,78,94)/t51-,53-,54-,55+,58-,59-,60+,61+,62-,64-,74+,75-,76+/m0/s1. The number of anilines is 1. The van der Waals surface area contributed by atoms with E-state index in [9.17, 15) is 48.3 Å². The van der Waals surface area contributed by atoms with E-state index in [1.54, 1.807) is 140 Å². The van der Waals surface area contributed by atoms with E-state index in [1.807, 2.05) is 20.8 Å². The first kappa shape index (κ1) is 83.4. The minimum Gasteiger partial charge on any atom is -0.455 e. The van der Waals surface area contributed by atoms with Gasteiger partial charge in [-0.1, -0.05) is 102 Å². The van der Waals surface area contributed by atoms with Gasteiger partial charge in [0.2, 0.25) is 23.8 Å². The molecule has 7 amide bonds. The van der Waals surface area contributed by atoms with Crippen LogP contribution in [0.3, 0.4) is 0 Å². The van der Waals surface area contributed by atoms with Gasteiger partial charge in [-0.05, 0) is 107 Å². The molecular weight excluding hydrogens is 1360 g/mol. The molecule has 1 heterocycles. The number of methoxy groups -OCH3 is 2. The molecule has 3 fully saturated rings. The topological polar surface area (TPSA) is 378 Å². The third kappa shape index (κ3) is 19.4. The number of esters is 3. The number of ether oxygens (including phenoxy) is 8. The molecule has 4 aliphatic rings. The molecule has 29 nitrogen and oxygen atoms in total. The molecule has 7 rings (SSSR count). The molecule has 3 aromatic carbocycles. The first-order valence-corrected chi connectivity index (χ1v) is 35.4. The van der Waals surface area contributed by atoms with Gasteiger partial charge in [-0.2, -0.15) is 0 Å². The average Bonchev–Trinajstić information content (AvgIpc) is 0.668. The molecule has 3 aliphatic carbocycles. The fourth-order valence-corrected chi connectivity index (χ4v) is 14.6. The minimum atomic E-state index is -2.32. The van der Waals surface area contributed by atoms with Gasteiger partial charge in [-0.15, -0.1) is 0 Å². The lowest BCUT2D eigenvalue weighted by atomic mass is 9.44. The number of fused-ring (bicyclic) bond motifs is 5. The Morgan fingerprint density at radius 3 is 1.96 bits per heavy atom. The van der Waals surface area contributed by atoms with E-state index in [-0.39, 0.29) is 88.0 Å². The van der Waals surface area contributed by atoms with Crippen molar-refractivity contribution >= 4 is 71.1 Å². The van der Waals surface area contributed by atoms with Gasteiger partial charge in [0.1, 0.15) is 54.5 Å². The van der Waals surface area contributed by atoms with E-state index in [4.69, 9.17) is 43.6 Å². The number of nitrogens with two attached hydrogens (primary N) is 1. The number of urea groups is 1. The van der Waals surface area contributed by atoms with Crippen molar-refractivity contribution in [2.75, 3.05) is 80.0 Å².